The van der Waals surface area contributed by atoms with Crippen LogP contribution < -0.4 is 5.32 Å². The van der Waals surface area contributed by atoms with Crippen molar-refractivity contribution >= 4 is 28.8 Å². The van der Waals surface area contributed by atoms with Crippen molar-refractivity contribution in [1.82, 2.24) is 19.7 Å². The minimum atomic E-state index is -4.68. The van der Waals surface area contributed by atoms with Crippen LogP contribution in [0.1, 0.15) is 17.0 Å². The first-order valence-electron chi connectivity index (χ1n) is 7.74. The first-order chi connectivity index (χ1) is 13.1. The average molecular weight is 413 g/mol. The third-order valence-electron chi connectivity index (χ3n) is 3.73. The van der Waals surface area contributed by atoms with E-state index < -0.39 is 27.4 Å². The van der Waals surface area contributed by atoms with Crippen molar-refractivity contribution in [3.8, 4) is 5.82 Å². The van der Waals surface area contributed by atoms with Crippen LogP contribution in [-0.2, 0) is 6.18 Å². The van der Waals surface area contributed by atoms with E-state index in [-0.39, 0.29) is 17.3 Å². The lowest BCUT2D eigenvalue weighted by Gasteiger charge is -2.13. The van der Waals surface area contributed by atoms with Crippen LogP contribution in [0, 0.1) is 24.0 Å². The highest BCUT2D eigenvalue weighted by atomic mass is 35.5. The molecule has 0 saturated carbocycles. The van der Waals surface area contributed by atoms with Crippen molar-refractivity contribution in [2.45, 2.75) is 20.0 Å². The molecule has 0 spiro atoms. The lowest BCUT2D eigenvalue weighted by atomic mass is 10.2. The van der Waals surface area contributed by atoms with E-state index in [1.165, 1.54) is 10.7 Å². The van der Waals surface area contributed by atoms with Gasteiger partial charge in [0.05, 0.1) is 21.2 Å². The van der Waals surface area contributed by atoms with Gasteiger partial charge in [0, 0.05) is 11.4 Å². The number of nitrogens with one attached hydrogen (secondary N) is 1. The van der Waals surface area contributed by atoms with E-state index in [2.05, 4.69) is 20.4 Å². The Morgan fingerprint density at radius 3 is 2.50 bits per heavy atom. The second-order valence-electron chi connectivity index (χ2n) is 5.81. The number of benzene rings is 1. The minimum Gasteiger partial charge on any atom is -0.334 e. The monoisotopic (exact) mass is 412 g/mol. The van der Waals surface area contributed by atoms with Crippen molar-refractivity contribution in [3.63, 3.8) is 0 Å². The number of hydrogen-bond acceptors (Lipinski definition) is 6. The molecule has 2 heterocycles. The van der Waals surface area contributed by atoms with Gasteiger partial charge >= 0.3 is 11.9 Å². The molecule has 0 unspecified atom stereocenters. The van der Waals surface area contributed by atoms with Gasteiger partial charge in [-0.2, -0.15) is 18.3 Å². The molecule has 0 saturated heterocycles. The van der Waals surface area contributed by atoms with Crippen molar-refractivity contribution in [2.75, 3.05) is 5.32 Å². The van der Waals surface area contributed by atoms with Crippen LogP contribution in [0.5, 0.6) is 0 Å². The topological polar surface area (TPSA) is 98.8 Å². The molecule has 1 N–H and O–H groups in total. The van der Waals surface area contributed by atoms with Gasteiger partial charge in [0.15, 0.2) is 0 Å². The molecule has 3 rings (SSSR count). The molecule has 0 aliphatic carbocycles. The first kappa shape index (κ1) is 19.5. The number of nitro groups is 1. The van der Waals surface area contributed by atoms with Crippen molar-refractivity contribution in [1.29, 1.82) is 0 Å². The molecule has 0 bridgehead atoms. The quantitative estimate of drug-likeness (QED) is 0.496. The first-order valence-corrected chi connectivity index (χ1v) is 8.12. The van der Waals surface area contributed by atoms with Gasteiger partial charge in [0.1, 0.15) is 6.33 Å². The molecule has 0 fully saturated rings. The molecule has 28 heavy (non-hydrogen) atoms. The molecule has 0 amide bonds. The Labute approximate surface area is 161 Å². The number of alkyl halides is 3. The highest BCUT2D eigenvalue weighted by Crippen LogP contribution is 2.37. The van der Waals surface area contributed by atoms with E-state index in [1.807, 2.05) is 0 Å². The van der Waals surface area contributed by atoms with Gasteiger partial charge in [-0.3, -0.25) is 10.1 Å². The van der Waals surface area contributed by atoms with Gasteiger partial charge in [-0.05, 0) is 38.1 Å². The van der Waals surface area contributed by atoms with E-state index in [9.17, 15) is 23.3 Å². The lowest BCUT2D eigenvalue weighted by Crippen LogP contribution is -2.10. The highest BCUT2D eigenvalue weighted by molar-refractivity contribution is 6.31. The van der Waals surface area contributed by atoms with Crippen LogP contribution in [0.3, 0.4) is 0 Å². The van der Waals surface area contributed by atoms with Gasteiger partial charge in [-0.1, -0.05) is 11.6 Å². The van der Waals surface area contributed by atoms with Gasteiger partial charge in [-0.25, -0.2) is 14.6 Å². The number of halogens is 4. The lowest BCUT2D eigenvalue weighted by molar-refractivity contribution is -0.384. The minimum absolute atomic E-state index is 0.0714. The number of rotatable bonds is 4. The zero-order valence-electron chi connectivity index (χ0n) is 14.5. The van der Waals surface area contributed by atoms with Gasteiger partial charge in [0.2, 0.25) is 11.6 Å². The normalized spacial score (nSPS) is 11.5. The average Bonchev–Trinajstić information content (AvgIpc) is 2.93. The molecule has 0 radical (unpaired) electrons. The van der Waals surface area contributed by atoms with Crippen LogP contribution >= 0.6 is 11.6 Å². The van der Waals surface area contributed by atoms with E-state index in [0.717, 1.165) is 18.5 Å². The van der Waals surface area contributed by atoms with Crippen LogP contribution in [0.25, 0.3) is 5.82 Å². The summed E-state index contributed by atoms with van der Waals surface area (Å²) in [4.78, 5) is 18.7. The van der Waals surface area contributed by atoms with Crippen LogP contribution in [-0.4, -0.2) is 24.7 Å². The van der Waals surface area contributed by atoms with E-state index >= 15 is 0 Å². The number of aromatic nitrogens is 4. The molecule has 1 aromatic carbocycles. The van der Waals surface area contributed by atoms with Crippen molar-refractivity contribution < 1.29 is 18.1 Å². The molecule has 0 aliphatic heterocycles. The number of anilines is 2. The zero-order valence-corrected chi connectivity index (χ0v) is 15.2. The maximum atomic E-state index is 13.0. The van der Waals surface area contributed by atoms with Crippen LogP contribution in [0.15, 0.2) is 30.6 Å². The molecular formula is C16H12ClF3N6O2. The van der Waals surface area contributed by atoms with Crippen molar-refractivity contribution in [2.24, 2.45) is 0 Å². The maximum absolute atomic E-state index is 13.0. The van der Waals surface area contributed by atoms with Crippen LogP contribution in [0.2, 0.25) is 5.02 Å². The fourth-order valence-electron chi connectivity index (χ4n) is 2.58. The predicted molar refractivity (Wildman–Crippen MR) is 95.0 cm³/mol. The summed E-state index contributed by atoms with van der Waals surface area (Å²) >= 11 is 5.60. The molecule has 0 atom stereocenters. The summed E-state index contributed by atoms with van der Waals surface area (Å²) < 4.78 is 40.4. The van der Waals surface area contributed by atoms with E-state index in [0.29, 0.717) is 11.4 Å². The zero-order chi connectivity index (χ0) is 20.6. The number of hydrogen-bond donors (Lipinski definition) is 1. The largest absolute Gasteiger partial charge is 0.417 e. The summed E-state index contributed by atoms with van der Waals surface area (Å²) in [6, 6.07) is 4.75. The second kappa shape index (κ2) is 7.08. The summed E-state index contributed by atoms with van der Waals surface area (Å²) in [6.45, 7) is 3.40. The Morgan fingerprint density at radius 2 is 1.93 bits per heavy atom. The number of nitrogens with zero attached hydrogens (tertiary/aromatic N) is 5. The Bertz CT molecular complexity index is 1070. The standard InChI is InChI=1S/C16H12ClF3N6O2/c1-8-5-9(2)25(24-8)15-13(26(27)28)14(21-7-22-15)23-10-3-4-12(17)11(6-10)16(18,19)20/h3-7H,1-2H3,(H,21,22,23). The predicted octanol–water partition coefficient (Wildman–Crippen LogP) is 4.60. The molecule has 0 aliphatic rings. The molecule has 3 aromatic rings. The molecule has 2 aromatic heterocycles. The third kappa shape index (κ3) is 3.74. The maximum Gasteiger partial charge on any atom is 0.417 e. The number of aryl methyl sites for hydroxylation is 2. The smallest absolute Gasteiger partial charge is 0.334 e. The molecular weight excluding hydrogens is 401 g/mol. The fraction of sp³-hybridized carbons (Fsp3) is 0.188. The Kier molecular flexibility index (Phi) is 4.94. The highest BCUT2D eigenvalue weighted by Gasteiger charge is 2.34. The van der Waals surface area contributed by atoms with E-state index in [4.69, 9.17) is 11.6 Å². The van der Waals surface area contributed by atoms with Crippen LogP contribution in [0.4, 0.5) is 30.4 Å². The van der Waals surface area contributed by atoms with Crippen molar-refractivity contribution in [3.05, 3.63) is 62.7 Å². The summed E-state index contributed by atoms with van der Waals surface area (Å²) in [5.41, 5.74) is -0.465. The Morgan fingerprint density at radius 1 is 1.21 bits per heavy atom. The fourth-order valence-corrected chi connectivity index (χ4v) is 2.81. The molecule has 8 nitrogen and oxygen atoms in total. The third-order valence-corrected chi connectivity index (χ3v) is 4.06. The van der Waals surface area contributed by atoms with Gasteiger partial charge < -0.3 is 5.32 Å². The Balaban J connectivity index is 2.10. The summed E-state index contributed by atoms with van der Waals surface area (Å²) in [7, 11) is 0. The van der Waals surface area contributed by atoms with Gasteiger partial charge in [-0.15, -0.1) is 0 Å². The van der Waals surface area contributed by atoms with Gasteiger partial charge in [0.25, 0.3) is 0 Å². The second-order valence-corrected chi connectivity index (χ2v) is 6.22. The molecule has 146 valence electrons. The summed E-state index contributed by atoms with van der Waals surface area (Å²) in [5, 5.41) is 17.9. The van der Waals surface area contributed by atoms with E-state index in [1.54, 1.807) is 19.9 Å². The SMILES string of the molecule is Cc1cc(C)n(-c2ncnc(Nc3ccc(Cl)c(C(F)(F)F)c3)c2[N+](=O)[O-])n1. The summed E-state index contributed by atoms with van der Waals surface area (Å²) in [5.74, 6) is -0.392. The molecule has 12 heteroatoms. The Hall–Kier alpha value is -3.21. The summed E-state index contributed by atoms with van der Waals surface area (Å²) in [6.07, 6.45) is -3.62.